The quantitative estimate of drug-likeness (QED) is 0.915. The van der Waals surface area contributed by atoms with E-state index < -0.39 is 0 Å². The Labute approximate surface area is 128 Å². The van der Waals surface area contributed by atoms with Crippen LogP contribution in [0.4, 0.5) is 5.69 Å². The normalized spacial score (nSPS) is 16.9. The lowest BCUT2D eigenvalue weighted by molar-refractivity contribution is 0.410. The summed E-state index contributed by atoms with van der Waals surface area (Å²) in [4.78, 5) is 2.14. The maximum atomic E-state index is 9.70. The Morgan fingerprint density at radius 3 is 2.86 bits per heavy atom. The number of nitrogens with zero attached hydrogens (tertiary/aromatic N) is 1. The second-order valence-corrected chi connectivity index (χ2v) is 5.45. The Balaban J connectivity index is 2.09. The largest absolute Gasteiger partial charge is 0.508 e. The zero-order chi connectivity index (χ0) is 15.0. The standard InChI is InChI=1S/C16H17ClN2O2/c1-21-15-6-5-13(17)16-12(15)9-19(14(16)8-18)10-3-2-4-11(20)7-10/h2-7,14,20H,8-9,18H2,1H3. The summed E-state index contributed by atoms with van der Waals surface area (Å²) in [6.45, 7) is 1.10. The number of benzene rings is 2. The molecule has 3 N–H and O–H groups in total. The lowest BCUT2D eigenvalue weighted by Crippen LogP contribution is -2.27. The summed E-state index contributed by atoms with van der Waals surface area (Å²) in [5.41, 5.74) is 8.96. The van der Waals surface area contributed by atoms with Gasteiger partial charge in [-0.15, -0.1) is 0 Å². The van der Waals surface area contributed by atoms with Gasteiger partial charge in [-0.05, 0) is 24.3 Å². The van der Waals surface area contributed by atoms with Crippen LogP contribution in [0.25, 0.3) is 0 Å². The van der Waals surface area contributed by atoms with Crippen LogP contribution in [0.1, 0.15) is 17.2 Å². The molecule has 4 nitrogen and oxygen atoms in total. The number of fused-ring (bicyclic) bond motifs is 1. The monoisotopic (exact) mass is 304 g/mol. The molecular weight excluding hydrogens is 288 g/mol. The Morgan fingerprint density at radius 1 is 1.38 bits per heavy atom. The minimum atomic E-state index is -0.0237. The Kier molecular flexibility index (Phi) is 3.66. The molecule has 1 heterocycles. The van der Waals surface area contributed by atoms with Gasteiger partial charge in [0.25, 0.3) is 0 Å². The van der Waals surface area contributed by atoms with Crippen molar-refractivity contribution in [3.63, 3.8) is 0 Å². The van der Waals surface area contributed by atoms with E-state index in [1.165, 1.54) is 0 Å². The molecule has 3 rings (SSSR count). The van der Waals surface area contributed by atoms with Crippen molar-refractivity contribution in [2.24, 2.45) is 5.73 Å². The molecule has 2 aromatic rings. The predicted octanol–water partition coefficient (Wildman–Crippen LogP) is 3.07. The minimum Gasteiger partial charge on any atom is -0.508 e. The lowest BCUT2D eigenvalue weighted by atomic mass is 10.0. The highest BCUT2D eigenvalue weighted by Crippen LogP contribution is 2.44. The van der Waals surface area contributed by atoms with E-state index in [4.69, 9.17) is 22.1 Å². The molecular formula is C16H17ClN2O2. The van der Waals surface area contributed by atoms with Gasteiger partial charge in [0.15, 0.2) is 0 Å². The van der Waals surface area contributed by atoms with Crippen LogP contribution in [0.5, 0.6) is 11.5 Å². The molecule has 0 saturated carbocycles. The van der Waals surface area contributed by atoms with Gasteiger partial charge in [0.05, 0.1) is 13.2 Å². The molecule has 2 aromatic carbocycles. The fraction of sp³-hybridized carbons (Fsp3) is 0.250. The van der Waals surface area contributed by atoms with Crippen molar-refractivity contribution in [1.29, 1.82) is 0 Å². The molecule has 0 radical (unpaired) electrons. The predicted molar refractivity (Wildman–Crippen MR) is 84.1 cm³/mol. The second kappa shape index (κ2) is 5.47. The molecule has 1 unspecified atom stereocenters. The number of halogens is 1. The van der Waals surface area contributed by atoms with Gasteiger partial charge in [-0.3, -0.25) is 0 Å². The molecule has 0 spiro atoms. The SMILES string of the molecule is COc1ccc(Cl)c2c1CN(c1cccc(O)c1)C2CN. The molecule has 1 atom stereocenters. The minimum absolute atomic E-state index is 0.0237. The number of phenolic OH excluding ortho intramolecular Hbond substituents is 1. The number of rotatable bonds is 3. The van der Waals surface area contributed by atoms with E-state index in [1.54, 1.807) is 19.2 Å². The number of methoxy groups -OCH3 is 1. The second-order valence-electron chi connectivity index (χ2n) is 5.04. The van der Waals surface area contributed by atoms with Crippen molar-refractivity contribution < 1.29 is 9.84 Å². The molecule has 0 aliphatic carbocycles. The fourth-order valence-corrected chi connectivity index (χ4v) is 3.26. The fourth-order valence-electron chi connectivity index (χ4n) is 2.96. The molecule has 1 aliphatic heterocycles. The van der Waals surface area contributed by atoms with Gasteiger partial charge in [0, 0.05) is 41.0 Å². The highest BCUT2D eigenvalue weighted by atomic mass is 35.5. The van der Waals surface area contributed by atoms with Gasteiger partial charge in [-0.25, -0.2) is 0 Å². The van der Waals surface area contributed by atoms with Crippen LogP contribution in [-0.4, -0.2) is 18.8 Å². The van der Waals surface area contributed by atoms with Gasteiger partial charge in [-0.2, -0.15) is 0 Å². The third kappa shape index (κ3) is 2.30. The van der Waals surface area contributed by atoms with Crippen LogP contribution in [0.15, 0.2) is 36.4 Å². The molecule has 0 fully saturated rings. The molecule has 5 heteroatoms. The molecule has 1 aliphatic rings. The van der Waals surface area contributed by atoms with Crippen LogP contribution >= 0.6 is 11.6 Å². The van der Waals surface area contributed by atoms with E-state index in [0.717, 1.165) is 22.6 Å². The van der Waals surface area contributed by atoms with Crippen LogP contribution in [0.2, 0.25) is 5.02 Å². The highest BCUT2D eigenvalue weighted by Gasteiger charge is 2.33. The van der Waals surface area contributed by atoms with Crippen LogP contribution in [0, 0.1) is 0 Å². The Hall–Kier alpha value is -1.91. The van der Waals surface area contributed by atoms with Crippen molar-refractivity contribution in [1.82, 2.24) is 0 Å². The number of anilines is 1. The first-order chi connectivity index (χ1) is 10.2. The number of hydrogen-bond donors (Lipinski definition) is 2. The number of nitrogens with two attached hydrogens (primary N) is 1. The first-order valence-corrected chi connectivity index (χ1v) is 7.14. The van der Waals surface area contributed by atoms with Crippen molar-refractivity contribution >= 4 is 17.3 Å². The van der Waals surface area contributed by atoms with E-state index in [-0.39, 0.29) is 11.8 Å². The molecule has 0 amide bonds. The lowest BCUT2D eigenvalue weighted by Gasteiger charge is -2.26. The molecule has 0 bridgehead atoms. The van der Waals surface area contributed by atoms with E-state index in [1.807, 2.05) is 24.3 Å². The van der Waals surface area contributed by atoms with Crippen LogP contribution in [0.3, 0.4) is 0 Å². The maximum Gasteiger partial charge on any atom is 0.124 e. The van der Waals surface area contributed by atoms with Crippen molar-refractivity contribution in [2.45, 2.75) is 12.6 Å². The van der Waals surface area contributed by atoms with E-state index in [9.17, 15) is 5.11 Å². The van der Waals surface area contributed by atoms with E-state index >= 15 is 0 Å². The summed E-state index contributed by atoms with van der Waals surface area (Å²) < 4.78 is 5.44. The summed E-state index contributed by atoms with van der Waals surface area (Å²) in [6, 6.07) is 10.8. The smallest absolute Gasteiger partial charge is 0.124 e. The van der Waals surface area contributed by atoms with E-state index in [0.29, 0.717) is 18.1 Å². The molecule has 0 aromatic heterocycles. The Bertz CT molecular complexity index is 675. The zero-order valence-corrected chi connectivity index (χ0v) is 12.5. The molecule has 110 valence electrons. The average molecular weight is 305 g/mol. The summed E-state index contributed by atoms with van der Waals surface area (Å²) in [7, 11) is 1.65. The molecule has 0 saturated heterocycles. The summed E-state index contributed by atoms with van der Waals surface area (Å²) in [6.07, 6.45) is 0. The maximum absolute atomic E-state index is 9.70. The van der Waals surface area contributed by atoms with Gasteiger partial charge in [-0.1, -0.05) is 17.7 Å². The third-order valence-electron chi connectivity index (χ3n) is 3.90. The topological polar surface area (TPSA) is 58.7 Å². The van der Waals surface area contributed by atoms with Gasteiger partial charge < -0.3 is 20.5 Å². The average Bonchev–Trinajstić information content (AvgIpc) is 2.88. The van der Waals surface area contributed by atoms with Gasteiger partial charge in [0.2, 0.25) is 0 Å². The van der Waals surface area contributed by atoms with E-state index in [2.05, 4.69) is 4.90 Å². The van der Waals surface area contributed by atoms with Gasteiger partial charge >= 0.3 is 0 Å². The highest BCUT2D eigenvalue weighted by molar-refractivity contribution is 6.31. The summed E-state index contributed by atoms with van der Waals surface area (Å²) >= 11 is 6.37. The van der Waals surface area contributed by atoms with Gasteiger partial charge in [0.1, 0.15) is 11.5 Å². The van der Waals surface area contributed by atoms with Crippen molar-refractivity contribution in [3.8, 4) is 11.5 Å². The number of ether oxygens (including phenoxy) is 1. The number of hydrogen-bond acceptors (Lipinski definition) is 4. The summed E-state index contributed by atoms with van der Waals surface area (Å²) in [5, 5.41) is 10.4. The Morgan fingerprint density at radius 2 is 2.19 bits per heavy atom. The summed E-state index contributed by atoms with van der Waals surface area (Å²) in [5.74, 6) is 1.05. The van der Waals surface area contributed by atoms with Crippen LogP contribution < -0.4 is 15.4 Å². The third-order valence-corrected chi connectivity index (χ3v) is 4.23. The first kappa shape index (κ1) is 14.0. The van der Waals surface area contributed by atoms with Crippen molar-refractivity contribution in [2.75, 3.05) is 18.6 Å². The van der Waals surface area contributed by atoms with Crippen LogP contribution in [-0.2, 0) is 6.54 Å². The van der Waals surface area contributed by atoms with Crippen molar-refractivity contribution in [3.05, 3.63) is 52.5 Å². The first-order valence-electron chi connectivity index (χ1n) is 6.76. The number of phenols is 1. The zero-order valence-electron chi connectivity index (χ0n) is 11.7. The molecule has 21 heavy (non-hydrogen) atoms. The number of aromatic hydroxyl groups is 1.